The number of hydrogen-bond acceptors (Lipinski definition) is 1. The molecule has 0 fully saturated rings. The zero-order valence-electron chi connectivity index (χ0n) is 24.9. The van der Waals surface area contributed by atoms with Crippen molar-refractivity contribution in [2.24, 2.45) is 0 Å². The van der Waals surface area contributed by atoms with E-state index < -0.39 is 0 Å². The topological polar surface area (TPSA) is 33.6 Å². The third-order valence-electron chi connectivity index (χ3n) is 9.15. The average molecular weight is 586 g/mol. The first-order chi connectivity index (χ1) is 22.8. The summed E-state index contributed by atoms with van der Waals surface area (Å²) in [5.74, 6) is 0. The molecule has 0 spiro atoms. The molecule has 0 bridgehead atoms. The molecule has 7 aromatic carbocycles. The molecule has 9 rings (SSSR count). The van der Waals surface area contributed by atoms with Gasteiger partial charge in [0.25, 0.3) is 0 Å². The predicted molar refractivity (Wildman–Crippen MR) is 191 cm³/mol. The van der Waals surface area contributed by atoms with Gasteiger partial charge in [0.15, 0.2) is 0 Å². The normalized spacial score (nSPS) is 11.5. The minimum absolute atomic E-state index is 0.659. The van der Waals surface area contributed by atoms with Crippen LogP contribution < -0.4 is 0 Å². The molecule has 2 aromatic heterocycles. The Bertz CT molecular complexity index is 2620. The van der Waals surface area contributed by atoms with Crippen molar-refractivity contribution in [1.82, 2.24) is 9.13 Å². The molecule has 0 unspecified atom stereocenters. The summed E-state index contributed by atoms with van der Waals surface area (Å²) in [6, 6.07) is 60.3. The number of rotatable bonds is 4. The van der Waals surface area contributed by atoms with Gasteiger partial charge in [-0.1, -0.05) is 97.1 Å². The summed E-state index contributed by atoms with van der Waals surface area (Å²) >= 11 is 0. The summed E-state index contributed by atoms with van der Waals surface area (Å²) in [5.41, 5.74) is 12.3. The smallest absolute Gasteiger partial charge is 0.0991 e. The molecule has 0 aliphatic carbocycles. The molecule has 0 saturated heterocycles. The van der Waals surface area contributed by atoms with Gasteiger partial charge in [-0.15, -0.1) is 0 Å². The molecule has 0 radical (unpaired) electrons. The lowest BCUT2D eigenvalue weighted by atomic mass is 10.0. The number of para-hydroxylation sites is 2. The third kappa shape index (κ3) is 4.05. The zero-order chi connectivity index (χ0) is 30.6. The number of nitrogens with zero attached hydrogens (tertiary/aromatic N) is 3. The van der Waals surface area contributed by atoms with Gasteiger partial charge in [-0.05, 0) is 89.0 Å². The highest BCUT2D eigenvalue weighted by Gasteiger charge is 2.17. The summed E-state index contributed by atoms with van der Waals surface area (Å²) in [4.78, 5) is 0. The molecule has 9 aromatic rings. The zero-order valence-corrected chi connectivity index (χ0v) is 24.9. The van der Waals surface area contributed by atoms with E-state index in [9.17, 15) is 5.26 Å². The van der Waals surface area contributed by atoms with Gasteiger partial charge < -0.3 is 9.13 Å². The number of aromatic nitrogens is 2. The van der Waals surface area contributed by atoms with Gasteiger partial charge in [0, 0.05) is 32.9 Å². The minimum Gasteiger partial charge on any atom is -0.309 e. The second kappa shape index (κ2) is 10.4. The number of nitriles is 1. The molecule has 2 heterocycles. The second-order valence-electron chi connectivity index (χ2n) is 11.7. The van der Waals surface area contributed by atoms with Crippen LogP contribution in [0.1, 0.15) is 5.56 Å². The summed E-state index contributed by atoms with van der Waals surface area (Å²) in [6.45, 7) is 0. The van der Waals surface area contributed by atoms with E-state index in [1.807, 2.05) is 24.3 Å². The number of benzene rings is 7. The van der Waals surface area contributed by atoms with Crippen LogP contribution in [0.4, 0.5) is 0 Å². The molecule has 3 heteroatoms. The maximum atomic E-state index is 9.33. The van der Waals surface area contributed by atoms with Crippen molar-refractivity contribution in [3.8, 4) is 39.7 Å². The van der Waals surface area contributed by atoms with Crippen LogP contribution in [0.2, 0.25) is 0 Å². The van der Waals surface area contributed by atoms with Crippen LogP contribution in [-0.2, 0) is 0 Å². The van der Waals surface area contributed by atoms with Crippen LogP contribution in [0.25, 0.3) is 77.2 Å². The highest BCUT2D eigenvalue weighted by Crippen LogP contribution is 2.39. The largest absolute Gasteiger partial charge is 0.309 e. The fourth-order valence-electron chi connectivity index (χ4n) is 6.98. The van der Waals surface area contributed by atoms with E-state index in [4.69, 9.17) is 0 Å². The van der Waals surface area contributed by atoms with Crippen LogP contribution in [0.5, 0.6) is 0 Å². The third-order valence-corrected chi connectivity index (χ3v) is 9.15. The van der Waals surface area contributed by atoms with Gasteiger partial charge >= 0.3 is 0 Å². The van der Waals surface area contributed by atoms with Crippen LogP contribution in [-0.4, -0.2) is 9.13 Å². The quantitative estimate of drug-likeness (QED) is 0.202. The van der Waals surface area contributed by atoms with Crippen molar-refractivity contribution in [2.75, 3.05) is 0 Å². The molecular weight excluding hydrogens is 558 g/mol. The van der Waals surface area contributed by atoms with E-state index in [1.165, 1.54) is 54.8 Å². The maximum Gasteiger partial charge on any atom is 0.0991 e. The molecule has 0 amide bonds. The summed E-state index contributed by atoms with van der Waals surface area (Å²) < 4.78 is 4.69. The molecule has 0 atom stereocenters. The number of hydrogen-bond donors (Lipinski definition) is 0. The highest BCUT2D eigenvalue weighted by atomic mass is 15.0. The number of fused-ring (bicyclic) bond motifs is 6. The van der Waals surface area contributed by atoms with Crippen molar-refractivity contribution in [3.05, 3.63) is 169 Å². The average Bonchev–Trinajstić information content (AvgIpc) is 3.64. The second-order valence-corrected chi connectivity index (χ2v) is 11.7. The monoisotopic (exact) mass is 585 g/mol. The lowest BCUT2D eigenvalue weighted by molar-refractivity contribution is 1.18. The Balaban J connectivity index is 1.26. The van der Waals surface area contributed by atoms with Gasteiger partial charge in [0.05, 0.1) is 33.7 Å². The maximum absolute atomic E-state index is 9.33. The standard InChI is InChI=1S/C43H27N3/c44-28-29-15-20-35(21-16-29)45-40-14-8-7-13-36(40)39-25-31(19-24-41(39)45)33-18-23-38-37-22-17-32(30-9-3-1-4-10-30)26-42(37)46(43(38)27-33)34-11-5-2-6-12-34/h1-27H. The van der Waals surface area contributed by atoms with Crippen LogP contribution >= 0.6 is 0 Å². The van der Waals surface area contributed by atoms with E-state index in [0.29, 0.717) is 5.56 Å². The Morgan fingerprint density at radius 1 is 0.348 bits per heavy atom. The van der Waals surface area contributed by atoms with Crippen LogP contribution in [0.3, 0.4) is 0 Å². The fourth-order valence-corrected chi connectivity index (χ4v) is 6.98. The van der Waals surface area contributed by atoms with E-state index in [-0.39, 0.29) is 0 Å². The molecule has 3 nitrogen and oxygen atoms in total. The molecular formula is C43H27N3. The Morgan fingerprint density at radius 2 is 0.848 bits per heavy atom. The Morgan fingerprint density at radius 3 is 1.54 bits per heavy atom. The fraction of sp³-hybridized carbons (Fsp3) is 0. The van der Waals surface area contributed by atoms with Crippen molar-refractivity contribution in [1.29, 1.82) is 5.26 Å². The van der Waals surface area contributed by atoms with Gasteiger partial charge in [0.2, 0.25) is 0 Å². The lowest BCUT2D eigenvalue weighted by Crippen LogP contribution is -1.94. The van der Waals surface area contributed by atoms with Gasteiger partial charge in [-0.25, -0.2) is 0 Å². The van der Waals surface area contributed by atoms with Crippen molar-refractivity contribution >= 4 is 43.6 Å². The van der Waals surface area contributed by atoms with Crippen LogP contribution in [0.15, 0.2) is 164 Å². The van der Waals surface area contributed by atoms with Crippen molar-refractivity contribution < 1.29 is 0 Å². The molecule has 0 saturated carbocycles. The molecule has 0 aliphatic heterocycles. The van der Waals surface area contributed by atoms with Crippen molar-refractivity contribution in [2.45, 2.75) is 0 Å². The first-order valence-electron chi connectivity index (χ1n) is 15.5. The first-order valence-corrected chi connectivity index (χ1v) is 15.5. The Kier molecular flexibility index (Phi) is 5.88. The summed E-state index contributed by atoms with van der Waals surface area (Å²) in [7, 11) is 0. The molecule has 214 valence electrons. The first kappa shape index (κ1) is 26.1. The van der Waals surface area contributed by atoms with Gasteiger partial charge in [-0.3, -0.25) is 0 Å². The predicted octanol–water partition coefficient (Wildman–Crippen LogP) is 11.1. The highest BCUT2D eigenvalue weighted by molar-refractivity contribution is 6.13. The van der Waals surface area contributed by atoms with Gasteiger partial charge in [-0.2, -0.15) is 5.26 Å². The Hall–Kier alpha value is -6.37. The lowest BCUT2D eigenvalue weighted by Gasteiger charge is -2.10. The van der Waals surface area contributed by atoms with Crippen LogP contribution in [0, 0.1) is 11.3 Å². The molecule has 0 N–H and O–H groups in total. The SMILES string of the molecule is N#Cc1ccc(-n2c3ccccc3c3cc(-c4ccc5c6ccc(-c7ccccc7)cc6n(-c6ccccc6)c5c4)ccc32)cc1. The minimum atomic E-state index is 0.659. The van der Waals surface area contributed by atoms with Crippen molar-refractivity contribution in [3.63, 3.8) is 0 Å². The summed E-state index contributed by atoms with van der Waals surface area (Å²) in [6.07, 6.45) is 0. The van der Waals surface area contributed by atoms with E-state index >= 15 is 0 Å². The molecule has 46 heavy (non-hydrogen) atoms. The van der Waals surface area contributed by atoms with Gasteiger partial charge in [0.1, 0.15) is 0 Å². The van der Waals surface area contributed by atoms with E-state index in [2.05, 4.69) is 155 Å². The van der Waals surface area contributed by atoms with E-state index in [1.54, 1.807) is 0 Å². The summed E-state index contributed by atoms with van der Waals surface area (Å²) in [5, 5.41) is 14.2. The Labute approximate surface area is 266 Å². The van der Waals surface area contributed by atoms with E-state index in [0.717, 1.165) is 22.4 Å². The molecule has 0 aliphatic rings.